The van der Waals surface area contributed by atoms with Crippen LogP contribution in [0.2, 0.25) is 0 Å². The molecule has 3 rings (SSSR count). The fourth-order valence-electron chi connectivity index (χ4n) is 2.83. The summed E-state index contributed by atoms with van der Waals surface area (Å²) in [7, 11) is 5.10. The van der Waals surface area contributed by atoms with Crippen LogP contribution in [0.5, 0.6) is 11.5 Å². The SMILES string of the molecule is COc1ccc(OC)c(NC(=O)c2cc(N(C)Cc3ccccc3)ccn2)c1. The number of amides is 1. The van der Waals surface area contributed by atoms with Crippen LogP contribution in [-0.2, 0) is 6.54 Å². The minimum atomic E-state index is -0.318. The van der Waals surface area contributed by atoms with Crippen molar-refractivity contribution in [2.45, 2.75) is 6.54 Å². The molecule has 0 aliphatic heterocycles. The standard InChI is InChI=1S/C22H23N3O3/c1-25(15-16-7-5-4-6-8-16)17-11-12-23-20(13-17)22(26)24-19-14-18(27-2)9-10-21(19)28-3/h4-14H,15H2,1-3H3,(H,24,26). The van der Waals surface area contributed by atoms with E-state index in [1.54, 1.807) is 44.7 Å². The zero-order valence-corrected chi connectivity index (χ0v) is 16.2. The van der Waals surface area contributed by atoms with Crippen molar-refractivity contribution in [2.24, 2.45) is 0 Å². The molecule has 2 aromatic carbocycles. The molecular weight excluding hydrogens is 354 g/mol. The van der Waals surface area contributed by atoms with E-state index in [4.69, 9.17) is 9.47 Å². The third-order valence-electron chi connectivity index (χ3n) is 4.33. The molecule has 1 N–H and O–H groups in total. The molecular formula is C22H23N3O3. The van der Waals surface area contributed by atoms with Crippen molar-refractivity contribution in [3.05, 3.63) is 78.1 Å². The first kappa shape index (κ1) is 19.2. The van der Waals surface area contributed by atoms with Gasteiger partial charge in [0.15, 0.2) is 0 Å². The van der Waals surface area contributed by atoms with E-state index in [1.807, 2.05) is 31.3 Å². The van der Waals surface area contributed by atoms with Crippen LogP contribution in [0.4, 0.5) is 11.4 Å². The number of methoxy groups -OCH3 is 2. The largest absolute Gasteiger partial charge is 0.497 e. The predicted octanol–water partition coefficient (Wildman–Crippen LogP) is 3.99. The number of nitrogens with zero attached hydrogens (tertiary/aromatic N) is 2. The lowest BCUT2D eigenvalue weighted by Gasteiger charge is -2.20. The van der Waals surface area contributed by atoms with Crippen LogP contribution in [0, 0.1) is 0 Å². The first-order chi connectivity index (χ1) is 13.6. The van der Waals surface area contributed by atoms with Crippen molar-refractivity contribution in [1.29, 1.82) is 0 Å². The molecule has 0 unspecified atom stereocenters. The summed E-state index contributed by atoms with van der Waals surface area (Å²) in [5, 5.41) is 2.84. The second-order valence-electron chi connectivity index (χ2n) is 6.26. The Morgan fingerprint density at radius 3 is 2.54 bits per heavy atom. The third-order valence-corrected chi connectivity index (χ3v) is 4.33. The molecule has 0 aliphatic rings. The normalized spacial score (nSPS) is 10.2. The van der Waals surface area contributed by atoms with Crippen molar-refractivity contribution < 1.29 is 14.3 Å². The van der Waals surface area contributed by atoms with E-state index in [9.17, 15) is 4.79 Å². The smallest absolute Gasteiger partial charge is 0.274 e. The molecule has 1 heterocycles. The van der Waals surface area contributed by atoms with Crippen LogP contribution < -0.4 is 19.7 Å². The number of nitrogens with one attached hydrogen (secondary N) is 1. The summed E-state index contributed by atoms with van der Waals surface area (Å²) in [6.45, 7) is 0.732. The first-order valence-electron chi connectivity index (χ1n) is 8.85. The number of carbonyl (C=O) groups excluding carboxylic acids is 1. The van der Waals surface area contributed by atoms with Crippen LogP contribution in [0.1, 0.15) is 16.1 Å². The van der Waals surface area contributed by atoms with Crippen molar-refractivity contribution in [1.82, 2.24) is 4.98 Å². The Bertz CT molecular complexity index is 945. The molecule has 6 heteroatoms. The number of ether oxygens (including phenoxy) is 2. The Labute approximate surface area is 164 Å². The van der Waals surface area contributed by atoms with E-state index in [-0.39, 0.29) is 5.91 Å². The summed E-state index contributed by atoms with van der Waals surface area (Å²) >= 11 is 0. The maximum Gasteiger partial charge on any atom is 0.274 e. The van der Waals surface area contributed by atoms with E-state index in [0.717, 1.165) is 12.2 Å². The zero-order chi connectivity index (χ0) is 19.9. The second-order valence-corrected chi connectivity index (χ2v) is 6.26. The van der Waals surface area contributed by atoms with Gasteiger partial charge in [-0.25, -0.2) is 0 Å². The first-order valence-corrected chi connectivity index (χ1v) is 8.85. The van der Waals surface area contributed by atoms with Gasteiger partial charge in [-0.05, 0) is 29.8 Å². The monoisotopic (exact) mass is 377 g/mol. The van der Waals surface area contributed by atoms with Crippen LogP contribution in [-0.4, -0.2) is 32.2 Å². The number of anilines is 2. The van der Waals surface area contributed by atoms with Gasteiger partial charge in [-0.15, -0.1) is 0 Å². The highest BCUT2D eigenvalue weighted by atomic mass is 16.5. The molecule has 0 radical (unpaired) electrons. The lowest BCUT2D eigenvalue weighted by molar-refractivity contribution is 0.102. The zero-order valence-electron chi connectivity index (χ0n) is 16.2. The van der Waals surface area contributed by atoms with Crippen LogP contribution >= 0.6 is 0 Å². The Hall–Kier alpha value is -3.54. The third kappa shape index (κ3) is 4.59. The number of rotatable bonds is 7. The Morgan fingerprint density at radius 2 is 1.82 bits per heavy atom. The summed E-state index contributed by atoms with van der Waals surface area (Å²) in [4.78, 5) is 19.0. The van der Waals surface area contributed by atoms with Crippen LogP contribution in [0.3, 0.4) is 0 Å². The van der Waals surface area contributed by atoms with E-state index < -0.39 is 0 Å². The van der Waals surface area contributed by atoms with Gasteiger partial charge in [0.25, 0.3) is 5.91 Å². The van der Waals surface area contributed by atoms with Gasteiger partial charge in [-0.3, -0.25) is 9.78 Å². The molecule has 144 valence electrons. The van der Waals surface area contributed by atoms with Gasteiger partial charge in [0.2, 0.25) is 0 Å². The summed E-state index contributed by atoms with van der Waals surface area (Å²) in [6, 6.07) is 19.0. The van der Waals surface area contributed by atoms with E-state index >= 15 is 0 Å². The van der Waals surface area contributed by atoms with Gasteiger partial charge >= 0.3 is 0 Å². The average Bonchev–Trinajstić information content (AvgIpc) is 2.74. The van der Waals surface area contributed by atoms with E-state index in [2.05, 4.69) is 27.3 Å². The molecule has 1 amide bonds. The Balaban J connectivity index is 1.77. The molecule has 28 heavy (non-hydrogen) atoms. The average molecular weight is 377 g/mol. The van der Waals surface area contributed by atoms with Gasteiger partial charge < -0.3 is 19.7 Å². The molecule has 1 aromatic heterocycles. The highest BCUT2D eigenvalue weighted by Crippen LogP contribution is 2.29. The molecule has 0 saturated carbocycles. The van der Waals surface area contributed by atoms with Crippen molar-refractivity contribution in [2.75, 3.05) is 31.5 Å². The minimum absolute atomic E-state index is 0.318. The van der Waals surface area contributed by atoms with Gasteiger partial charge in [0, 0.05) is 31.5 Å². The number of hydrogen-bond acceptors (Lipinski definition) is 5. The minimum Gasteiger partial charge on any atom is -0.497 e. The van der Waals surface area contributed by atoms with Crippen LogP contribution in [0.25, 0.3) is 0 Å². The van der Waals surface area contributed by atoms with Crippen molar-refractivity contribution >= 4 is 17.3 Å². The summed E-state index contributed by atoms with van der Waals surface area (Å²) < 4.78 is 10.5. The van der Waals surface area contributed by atoms with Gasteiger partial charge in [0.1, 0.15) is 17.2 Å². The van der Waals surface area contributed by atoms with Crippen molar-refractivity contribution in [3.63, 3.8) is 0 Å². The summed E-state index contributed by atoms with van der Waals surface area (Å²) in [5.41, 5.74) is 2.94. The van der Waals surface area contributed by atoms with Gasteiger partial charge in [-0.2, -0.15) is 0 Å². The van der Waals surface area contributed by atoms with E-state index in [0.29, 0.717) is 22.9 Å². The van der Waals surface area contributed by atoms with Crippen LogP contribution in [0.15, 0.2) is 66.9 Å². The number of carbonyl (C=O) groups is 1. The molecule has 0 bridgehead atoms. The molecule has 0 saturated heterocycles. The van der Waals surface area contributed by atoms with Crippen molar-refractivity contribution in [3.8, 4) is 11.5 Å². The Kier molecular flexibility index (Phi) is 6.11. The molecule has 6 nitrogen and oxygen atoms in total. The molecule has 0 spiro atoms. The summed E-state index contributed by atoms with van der Waals surface area (Å²) in [6.07, 6.45) is 1.63. The number of hydrogen-bond donors (Lipinski definition) is 1. The molecule has 0 aliphatic carbocycles. The topological polar surface area (TPSA) is 63.7 Å². The quantitative estimate of drug-likeness (QED) is 0.675. The number of benzene rings is 2. The highest BCUT2D eigenvalue weighted by molar-refractivity contribution is 6.04. The summed E-state index contributed by atoms with van der Waals surface area (Å²) in [5.74, 6) is 0.855. The lowest BCUT2D eigenvalue weighted by atomic mass is 10.2. The maximum atomic E-state index is 12.7. The predicted molar refractivity (Wildman–Crippen MR) is 110 cm³/mol. The second kappa shape index (κ2) is 8.90. The Morgan fingerprint density at radius 1 is 1.04 bits per heavy atom. The van der Waals surface area contributed by atoms with Gasteiger partial charge in [0.05, 0.1) is 19.9 Å². The number of pyridine rings is 1. The fourth-order valence-corrected chi connectivity index (χ4v) is 2.83. The van der Waals surface area contributed by atoms with E-state index in [1.165, 1.54) is 5.56 Å². The molecule has 0 atom stereocenters. The van der Waals surface area contributed by atoms with Gasteiger partial charge in [-0.1, -0.05) is 30.3 Å². The molecule has 0 fully saturated rings. The lowest BCUT2D eigenvalue weighted by Crippen LogP contribution is -2.19. The highest BCUT2D eigenvalue weighted by Gasteiger charge is 2.14. The molecule has 3 aromatic rings. The maximum absolute atomic E-state index is 12.7. The number of aromatic nitrogens is 1. The fraction of sp³-hybridized carbons (Fsp3) is 0.182.